The van der Waals surface area contributed by atoms with Crippen molar-refractivity contribution in [1.29, 1.82) is 0 Å². The molecule has 0 spiro atoms. The van der Waals surface area contributed by atoms with Crippen LogP contribution in [0.2, 0.25) is 5.02 Å². The van der Waals surface area contributed by atoms with E-state index in [4.69, 9.17) is 30.5 Å². The molecular weight excluding hydrogens is 612 g/mol. The van der Waals surface area contributed by atoms with Crippen molar-refractivity contribution in [2.24, 2.45) is 4.99 Å². The number of aromatic nitrogens is 1. The highest BCUT2D eigenvalue weighted by molar-refractivity contribution is 9.10. The van der Waals surface area contributed by atoms with Gasteiger partial charge in [-0.1, -0.05) is 38.9 Å². The summed E-state index contributed by atoms with van der Waals surface area (Å²) < 4.78 is 24.2. The Morgan fingerprint density at radius 2 is 1.87 bits per heavy atom. The van der Waals surface area contributed by atoms with Crippen LogP contribution < -0.4 is 29.1 Å². The lowest BCUT2D eigenvalue weighted by atomic mass is 9.95. The second kappa shape index (κ2) is 11.8. The van der Waals surface area contributed by atoms with Crippen LogP contribution in [0.15, 0.2) is 49.8 Å². The third-order valence-electron chi connectivity index (χ3n) is 5.96. The number of fused-ring (bicyclic) bond motifs is 1. The van der Waals surface area contributed by atoms with Crippen molar-refractivity contribution in [2.75, 3.05) is 27.4 Å². The number of aromatic hydroxyl groups is 1. The molecule has 0 radical (unpaired) electrons. The molecule has 0 unspecified atom stereocenters. The van der Waals surface area contributed by atoms with E-state index in [0.29, 0.717) is 48.7 Å². The quantitative estimate of drug-likeness (QED) is 0.366. The highest BCUT2D eigenvalue weighted by Crippen LogP contribution is 2.41. The van der Waals surface area contributed by atoms with Gasteiger partial charge in [-0.2, -0.15) is 0 Å². The normalized spacial score (nSPS) is 15.1. The number of carbonyl (C=O) groups is 1. The van der Waals surface area contributed by atoms with Crippen molar-refractivity contribution in [1.82, 2.24) is 4.57 Å². The van der Waals surface area contributed by atoms with Crippen LogP contribution in [0, 0.1) is 0 Å². The topological polar surface area (TPSA) is 109 Å². The number of ether oxygens (including phenoxy) is 4. The highest BCUT2D eigenvalue weighted by Gasteiger charge is 2.35. The van der Waals surface area contributed by atoms with Crippen molar-refractivity contribution in [3.05, 3.63) is 75.8 Å². The summed E-state index contributed by atoms with van der Waals surface area (Å²) in [5.41, 5.74) is 1.43. The van der Waals surface area contributed by atoms with Crippen LogP contribution in [-0.2, 0) is 9.53 Å². The van der Waals surface area contributed by atoms with Crippen molar-refractivity contribution >= 4 is 50.9 Å². The van der Waals surface area contributed by atoms with Crippen molar-refractivity contribution in [3.8, 4) is 23.0 Å². The molecule has 0 bridgehead atoms. The zero-order valence-corrected chi connectivity index (χ0v) is 25.0. The van der Waals surface area contributed by atoms with Gasteiger partial charge in [0.05, 0.1) is 54.3 Å². The minimum atomic E-state index is -0.862. The fraction of sp³-hybridized carbons (Fsp3) is 0.296. The molecule has 1 atom stereocenters. The van der Waals surface area contributed by atoms with Gasteiger partial charge in [-0.05, 0) is 62.2 Å². The van der Waals surface area contributed by atoms with E-state index in [1.807, 2.05) is 6.92 Å². The monoisotopic (exact) mass is 636 g/mol. The maximum atomic E-state index is 13.9. The molecular formula is C27H26BrClN2O7S. The lowest BCUT2D eigenvalue weighted by molar-refractivity contribution is -0.139. The van der Waals surface area contributed by atoms with Crippen LogP contribution in [0.4, 0.5) is 0 Å². The Balaban J connectivity index is 2.00. The summed E-state index contributed by atoms with van der Waals surface area (Å²) in [6.07, 6.45) is 1.63. The number of phenolic OH excluding ortho intramolecular Hbond substituents is 1. The van der Waals surface area contributed by atoms with Gasteiger partial charge in [0.15, 0.2) is 27.8 Å². The second-order valence-corrected chi connectivity index (χ2v) is 10.6. The molecule has 0 saturated heterocycles. The number of carbonyl (C=O) groups excluding carboxylic acids is 1. The van der Waals surface area contributed by atoms with E-state index < -0.39 is 12.0 Å². The molecule has 0 aliphatic carbocycles. The van der Waals surface area contributed by atoms with E-state index in [1.54, 1.807) is 38.1 Å². The van der Waals surface area contributed by atoms with E-state index in [-0.39, 0.29) is 34.3 Å². The van der Waals surface area contributed by atoms with E-state index >= 15 is 0 Å². The molecule has 1 N–H and O–H groups in total. The number of benzene rings is 2. The molecule has 3 aromatic rings. The third-order valence-corrected chi connectivity index (χ3v) is 7.92. The van der Waals surface area contributed by atoms with E-state index in [0.717, 1.165) is 11.3 Å². The van der Waals surface area contributed by atoms with Gasteiger partial charge in [0.1, 0.15) is 0 Å². The summed E-state index contributed by atoms with van der Waals surface area (Å²) in [5, 5.41) is 10.2. The van der Waals surface area contributed by atoms with Gasteiger partial charge in [0, 0.05) is 4.47 Å². The predicted molar refractivity (Wildman–Crippen MR) is 152 cm³/mol. The average Bonchev–Trinajstić information content (AvgIpc) is 3.20. The standard InChI is InChI=1S/C27H26BrClN2O7S/c1-6-37-19-12-16(28)15(11-18(19)35-4)23-22(26(34)38-7-2)13(3)30-27-31(23)25(33)21(39-27)10-14-8-17(29)24(32)20(9-14)36-5/h8-12,23,32H,6-7H2,1-5H3/b21-10+/t23-/m1/s1. The summed E-state index contributed by atoms with van der Waals surface area (Å²) in [4.78, 5) is 32.1. The third kappa shape index (κ3) is 5.43. The zero-order valence-electron chi connectivity index (χ0n) is 21.8. The van der Waals surface area contributed by atoms with Crippen LogP contribution in [0.3, 0.4) is 0 Å². The first-order valence-corrected chi connectivity index (χ1v) is 13.9. The summed E-state index contributed by atoms with van der Waals surface area (Å²) >= 11 is 10.9. The van der Waals surface area contributed by atoms with Gasteiger partial charge >= 0.3 is 5.97 Å². The molecule has 206 valence electrons. The first kappa shape index (κ1) is 28.7. The SMILES string of the molecule is CCOC(=O)C1=C(C)N=c2s/c(=C/c3cc(Cl)c(O)c(OC)c3)c(=O)n2[C@@H]1c1cc(OC)c(OCC)cc1Br. The number of nitrogens with zero attached hydrogens (tertiary/aromatic N) is 2. The molecule has 1 aliphatic rings. The van der Waals surface area contributed by atoms with Crippen LogP contribution in [0.1, 0.15) is 37.9 Å². The molecule has 1 aromatic heterocycles. The molecule has 2 heterocycles. The molecule has 0 amide bonds. The van der Waals surface area contributed by atoms with Crippen LogP contribution in [0.25, 0.3) is 6.08 Å². The minimum Gasteiger partial charge on any atom is -0.503 e. The van der Waals surface area contributed by atoms with Crippen molar-refractivity contribution < 1.29 is 28.8 Å². The van der Waals surface area contributed by atoms with Gasteiger partial charge in [-0.15, -0.1) is 0 Å². The molecule has 0 fully saturated rings. The molecule has 9 nitrogen and oxygen atoms in total. The Morgan fingerprint density at radius 3 is 2.51 bits per heavy atom. The molecule has 4 rings (SSSR count). The van der Waals surface area contributed by atoms with Crippen molar-refractivity contribution in [2.45, 2.75) is 26.8 Å². The number of thiazole rings is 1. The summed E-state index contributed by atoms with van der Waals surface area (Å²) in [6.45, 7) is 5.87. The molecule has 0 saturated carbocycles. The van der Waals surface area contributed by atoms with Gasteiger partial charge in [-0.3, -0.25) is 9.36 Å². The van der Waals surface area contributed by atoms with Gasteiger partial charge in [0.25, 0.3) is 5.56 Å². The van der Waals surface area contributed by atoms with Gasteiger partial charge in [0.2, 0.25) is 0 Å². The average molecular weight is 638 g/mol. The fourth-order valence-corrected chi connectivity index (χ4v) is 6.06. The Bertz CT molecular complexity index is 1660. The van der Waals surface area contributed by atoms with Gasteiger partial charge < -0.3 is 24.1 Å². The summed E-state index contributed by atoms with van der Waals surface area (Å²) in [6, 6.07) is 5.72. The largest absolute Gasteiger partial charge is 0.503 e. The number of hydrogen-bond donors (Lipinski definition) is 1. The molecule has 39 heavy (non-hydrogen) atoms. The molecule has 1 aliphatic heterocycles. The number of halogens is 2. The fourth-order valence-electron chi connectivity index (χ4n) is 4.26. The highest BCUT2D eigenvalue weighted by atomic mass is 79.9. The summed E-state index contributed by atoms with van der Waals surface area (Å²) in [5.74, 6) is 0.361. The number of esters is 1. The zero-order chi connectivity index (χ0) is 28.4. The minimum absolute atomic E-state index is 0.0807. The maximum absolute atomic E-state index is 13.9. The lowest BCUT2D eigenvalue weighted by Gasteiger charge is -2.26. The number of phenols is 1. The number of hydrogen-bond acceptors (Lipinski definition) is 9. The number of allylic oxidation sites excluding steroid dienone is 1. The molecule has 2 aromatic carbocycles. The Kier molecular flexibility index (Phi) is 8.73. The number of methoxy groups -OCH3 is 2. The van der Waals surface area contributed by atoms with E-state index in [9.17, 15) is 14.7 Å². The first-order chi connectivity index (χ1) is 18.6. The Morgan fingerprint density at radius 1 is 1.15 bits per heavy atom. The maximum Gasteiger partial charge on any atom is 0.338 e. The predicted octanol–water partition coefficient (Wildman–Crippen LogP) is 4.34. The van der Waals surface area contributed by atoms with Crippen LogP contribution >= 0.6 is 38.9 Å². The second-order valence-electron chi connectivity index (χ2n) is 8.31. The van der Waals surface area contributed by atoms with Crippen LogP contribution in [0.5, 0.6) is 23.0 Å². The first-order valence-electron chi connectivity index (χ1n) is 11.9. The van der Waals surface area contributed by atoms with Crippen LogP contribution in [-0.4, -0.2) is 43.1 Å². The Hall–Kier alpha value is -3.28. The van der Waals surface area contributed by atoms with Gasteiger partial charge in [-0.25, -0.2) is 9.79 Å². The Labute approximate surface area is 241 Å². The lowest BCUT2D eigenvalue weighted by Crippen LogP contribution is -2.40. The number of rotatable bonds is 8. The summed E-state index contributed by atoms with van der Waals surface area (Å²) in [7, 11) is 2.93. The van der Waals surface area contributed by atoms with E-state index in [1.165, 1.54) is 24.9 Å². The van der Waals surface area contributed by atoms with Crippen molar-refractivity contribution in [3.63, 3.8) is 0 Å². The smallest absolute Gasteiger partial charge is 0.338 e. The molecule has 12 heteroatoms. The van der Waals surface area contributed by atoms with E-state index in [2.05, 4.69) is 20.9 Å².